The summed E-state index contributed by atoms with van der Waals surface area (Å²) in [6.45, 7) is 7.07. The van der Waals surface area contributed by atoms with Crippen LogP contribution in [0.1, 0.15) is 23.6 Å². The summed E-state index contributed by atoms with van der Waals surface area (Å²) in [6, 6.07) is 17.3. The van der Waals surface area contributed by atoms with Crippen LogP contribution in [-0.2, 0) is 6.54 Å². The Balaban J connectivity index is 1.60. The van der Waals surface area contributed by atoms with Gasteiger partial charge in [-0.15, -0.1) is 0 Å². The second-order valence-electron chi connectivity index (χ2n) is 6.61. The summed E-state index contributed by atoms with van der Waals surface area (Å²) in [5.74, 6) is 2.18. The van der Waals surface area contributed by atoms with Crippen LogP contribution in [0.2, 0.25) is 0 Å². The molecular weight excluding hydrogens is 364 g/mol. The third-order valence-electron chi connectivity index (χ3n) is 4.37. The maximum atomic E-state index is 6.00. The number of nitrogens with zero attached hydrogens (tertiary/aromatic N) is 2. The molecule has 0 aliphatic carbocycles. The molecule has 0 amide bonds. The molecule has 1 aromatic heterocycles. The molecule has 29 heavy (non-hydrogen) atoms. The van der Waals surface area contributed by atoms with E-state index >= 15 is 0 Å². The van der Waals surface area contributed by atoms with Crippen molar-refractivity contribution >= 4 is 11.6 Å². The van der Waals surface area contributed by atoms with Gasteiger partial charge in [-0.25, -0.2) is 9.98 Å². The number of hydrogen-bond acceptors (Lipinski definition) is 4. The van der Waals surface area contributed by atoms with Crippen LogP contribution in [0, 0.1) is 13.8 Å². The lowest BCUT2D eigenvalue weighted by molar-refractivity contribution is 0.319. The number of hydrogen-bond donors (Lipinski definition) is 2. The maximum Gasteiger partial charge on any atom is 0.219 e. The van der Waals surface area contributed by atoms with Gasteiger partial charge in [-0.05, 0) is 61.7 Å². The highest BCUT2D eigenvalue weighted by Gasteiger charge is 2.06. The van der Waals surface area contributed by atoms with E-state index < -0.39 is 0 Å². The fraction of sp³-hybridized carbons (Fsp3) is 0.217. The maximum absolute atomic E-state index is 6.00. The number of guanidine groups is 1. The normalized spacial score (nSPS) is 11.2. The fourth-order valence-electron chi connectivity index (χ4n) is 2.67. The molecule has 6 nitrogen and oxygen atoms in total. The minimum atomic E-state index is 0.360. The van der Waals surface area contributed by atoms with Crippen molar-refractivity contribution < 1.29 is 9.47 Å². The predicted molar refractivity (Wildman–Crippen MR) is 117 cm³/mol. The van der Waals surface area contributed by atoms with Crippen LogP contribution in [0.5, 0.6) is 17.4 Å². The Hall–Kier alpha value is -3.54. The molecule has 0 unspecified atom stereocenters. The van der Waals surface area contributed by atoms with Gasteiger partial charge in [0.2, 0.25) is 5.88 Å². The van der Waals surface area contributed by atoms with Crippen molar-refractivity contribution in [1.29, 1.82) is 0 Å². The Morgan fingerprint density at radius 1 is 1.03 bits per heavy atom. The number of anilines is 1. The lowest BCUT2D eigenvalue weighted by atomic mass is 10.1. The summed E-state index contributed by atoms with van der Waals surface area (Å²) in [5, 5.41) is 3.11. The zero-order valence-corrected chi connectivity index (χ0v) is 17.0. The Morgan fingerprint density at radius 2 is 1.83 bits per heavy atom. The molecule has 3 rings (SSSR count). The van der Waals surface area contributed by atoms with Gasteiger partial charge < -0.3 is 20.5 Å². The van der Waals surface area contributed by atoms with Crippen LogP contribution >= 0.6 is 0 Å². The third kappa shape index (κ3) is 5.72. The summed E-state index contributed by atoms with van der Waals surface area (Å²) >= 11 is 0. The van der Waals surface area contributed by atoms with Crippen molar-refractivity contribution in [3.8, 4) is 17.4 Å². The van der Waals surface area contributed by atoms with E-state index in [0.29, 0.717) is 36.5 Å². The number of pyridine rings is 1. The van der Waals surface area contributed by atoms with Crippen LogP contribution in [0.25, 0.3) is 0 Å². The molecule has 1 heterocycles. The molecule has 0 radical (unpaired) electrons. The number of benzene rings is 2. The molecule has 0 aliphatic heterocycles. The van der Waals surface area contributed by atoms with E-state index in [1.807, 2.05) is 49.4 Å². The van der Waals surface area contributed by atoms with Crippen molar-refractivity contribution in [2.24, 2.45) is 10.7 Å². The van der Waals surface area contributed by atoms with E-state index in [2.05, 4.69) is 35.2 Å². The standard InChI is InChI=1S/C23H26N4O2/c1-4-28-20-7-5-6-8-21(20)29-22-12-10-18(14-25-22)15-26-23(24)27-19-11-9-16(2)17(3)13-19/h5-14H,4,15H2,1-3H3,(H3,24,26,27). The monoisotopic (exact) mass is 390 g/mol. The van der Waals surface area contributed by atoms with Gasteiger partial charge in [-0.2, -0.15) is 0 Å². The van der Waals surface area contributed by atoms with E-state index in [1.54, 1.807) is 12.3 Å². The number of ether oxygens (including phenoxy) is 2. The molecule has 0 atom stereocenters. The summed E-state index contributed by atoms with van der Waals surface area (Å²) in [4.78, 5) is 8.73. The quantitative estimate of drug-likeness (QED) is 0.447. The number of aryl methyl sites for hydroxylation is 2. The molecule has 0 spiro atoms. The van der Waals surface area contributed by atoms with E-state index in [9.17, 15) is 0 Å². The van der Waals surface area contributed by atoms with E-state index in [1.165, 1.54) is 11.1 Å². The fourth-order valence-corrected chi connectivity index (χ4v) is 2.67. The van der Waals surface area contributed by atoms with E-state index in [4.69, 9.17) is 15.2 Å². The van der Waals surface area contributed by atoms with Crippen LogP contribution in [0.4, 0.5) is 5.69 Å². The Morgan fingerprint density at radius 3 is 2.52 bits per heavy atom. The van der Waals surface area contributed by atoms with Crippen molar-refractivity contribution in [3.05, 3.63) is 77.5 Å². The third-order valence-corrected chi connectivity index (χ3v) is 4.37. The van der Waals surface area contributed by atoms with Gasteiger partial charge in [0.15, 0.2) is 17.5 Å². The molecular formula is C23H26N4O2. The van der Waals surface area contributed by atoms with Gasteiger partial charge in [0.25, 0.3) is 0 Å². The highest BCUT2D eigenvalue weighted by atomic mass is 16.5. The highest BCUT2D eigenvalue weighted by Crippen LogP contribution is 2.30. The number of para-hydroxylation sites is 2. The number of aliphatic imine (C=N–C) groups is 1. The Labute approximate surface area is 171 Å². The average Bonchev–Trinajstić information content (AvgIpc) is 2.72. The second-order valence-corrected chi connectivity index (χ2v) is 6.61. The van der Waals surface area contributed by atoms with Crippen molar-refractivity contribution in [2.75, 3.05) is 11.9 Å². The van der Waals surface area contributed by atoms with Crippen molar-refractivity contribution in [2.45, 2.75) is 27.3 Å². The first-order chi connectivity index (χ1) is 14.0. The van der Waals surface area contributed by atoms with Crippen LogP contribution in [0.15, 0.2) is 65.8 Å². The Kier molecular flexibility index (Phi) is 6.68. The first kappa shape index (κ1) is 20.2. The minimum Gasteiger partial charge on any atom is -0.490 e. The molecule has 3 aromatic rings. The van der Waals surface area contributed by atoms with Crippen molar-refractivity contribution in [1.82, 2.24) is 4.98 Å². The summed E-state index contributed by atoms with van der Waals surface area (Å²) in [5.41, 5.74) is 10.3. The summed E-state index contributed by atoms with van der Waals surface area (Å²) in [6.07, 6.45) is 1.73. The first-order valence-corrected chi connectivity index (χ1v) is 9.54. The smallest absolute Gasteiger partial charge is 0.219 e. The lowest BCUT2D eigenvalue weighted by Gasteiger charge is -2.10. The molecule has 0 bridgehead atoms. The molecule has 0 fully saturated rings. The molecule has 0 aliphatic rings. The SMILES string of the molecule is CCOc1ccccc1Oc1ccc(CN=C(N)Nc2ccc(C)c(C)c2)cn1. The van der Waals surface area contributed by atoms with Gasteiger partial charge in [-0.1, -0.05) is 24.3 Å². The number of rotatable bonds is 7. The van der Waals surface area contributed by atoms with Crippen molar-refractivity contribution in [3.63, 3.8) is 0 Å². The van der Waals surface area contributed by atoms with Gasteiger partial charge in [0, 0.05) is 18.0 Å². The second kappa shape index (κ2) is 9.59. The van der Waals surface area contributed by atoms with Crippen LogP contribution in [0.3, 0.4) is 0 Å². The van der Waals surface area contributed by atoms with E-state index in [-0.39, 0.29) is 0 Å². The van der Waals surface area contributed by atoms with Crippen LogP contribution in [-0.4, -0.2) is 17.6 Å². The largest absolute Gasteiger partial charge is 0.490 e. The predicted octanol–water partition coefficient (Wildman–Crippen LogP) is 4.82. The summed E-state index contributed by atoms with van der Waals surface area (Å²) < 4.78 is 11.4. The zero-order chi connectivity index (χ0) is 20.6. The molecule has 150 valence electrons. The van der Waals surface area contributed by atoms with Gasteiger partial charge in [-0.3, -0.25) is 0 Å². The number of aromatic nitrogens is 1. The summed E-state index contributed by atoms with van der Waals surface area (Å²) in [7, 11) is 0. The minimum absolute atomic E-state index is 0.360. The van der Waals surface area contributed by atoms with Gasteiger partial charge in [0.1, 0.15) is 0 Å². The molecule has 0 saturated carbocycles. The average molecular weight is 390 g/mol. The highest BCUT2D eigenvalue weighted by molar-refractivity contribution is 5.92. The lowest BCUT2D eigenvalue weighted by Crippen LogP contribution is -2.22. The van der Waals surface area contributed by atoms with E-state index in [0.717, 1.165) is 11.3 Å². The number of nitrogens with two attached hydrogens (primary N) is 1. The molecule has 0 saturated heterocycles. The first-order valence-electron chi connectivity index (χ1n) is 9.54. The molecule has 3 N–H and O–H groups in total. The molecule has 2 aromatic carbocycles. The van der Waals surface area contributed by atoms with Gasteiger partial charge >= 0.3 is 0 Å². The van der Waals surface area contributed by atoms with Gasteiger partial charge in [0.05, 0.1) is 13.2 Å². The Bertz CT molecular complexity index is 984. The topological polar surface area (TPSA) is 81.8 Å². The number of nitrogens with one attached hydrogen (secondary N) is 1. The van der Waals surface area contributed by atoms with Crippen LogP contribution < -0.4 is 20.5 Å². The zero-order valence-electron chi connectivity index (χ0n) is 17.0. The molecule has 6 heteroatoms.